The van der Waals surface area contributed by atoms with Crippen LogP contribution in [-0.4, -0.2) is 39.7 Å². The number of nitrogens with zero attached hydrogens (tertiary/aromatic N) is 2. The van der Waals surface area contributed by atoms with Gasteiger partial charge in [0.15, 0.2) is 0 Å². The van der Waals surface area contributed by atoms with Crippen molar-refractivity contribution in [1.29, 1.82) is 0 Å². The van der Waals surface area contributed by atoms with E-state index in [4.69, 9.17) is 10.5 Å². The molecule has 0 saturated heterocycles. The van der Waals surface area contributed by atoms with Gasteiger partial charge in [0.2, 0.25) is 0 Å². The monoisotopic (exact) mass is 514 g/mol. The molecule has 0 spiro atoms. The first kappa shape index (κ1) is 26.7. The highest BCUT2D eigenvalue weighted by Gasteiger charge is 2.42. The van der Waals surface area contributed by atoms with Crippen molar-refractivity contribution < 1.29 is 27.8 Å². The quantitative estimate of drug-likeness (QED) is 0.445. The van der Waals surface area contributed by atoms with Gasteiger partial charge in [-0.15, -0.1) is 0 Å². The van der Waals surface area contributed by atoms with Crippen LogP contribution in [0, 0.1) is 23.4 Å². The Morgan fingerprint density at radius 2 is 1.89 bits per heavy atom. The molecule has 4 N–H and O–H groups in total. The molecule has 0 bridgehead atoms. The summed E-state index contributed by atoms with van der Waals surface area (Å²) in [6, 6.07) is 5.45. The summed E-state index contributed by atoms with van der Waals surface area (Å²) < 4.78 is 48.9. The molecule has 1 saturated carbocycles. The predicted octanol–water partition coefficient (Wildman–Crippen LogP) is 4.55. The summed E-state index contributed by atoms with van der Waals surface area (Å²) in [6.45, 7) is 3.63. The Labute approximate surface area is 212 Å². The fourth-order valence-corrected chi connectivity index (χ4v) is 4.82. The fraction of sp³-hybridized carbons (Fsp3) is 0.370. The molecule has 0 unspecified atom stereocenters. The molecule has 2 aromatic heterocycles. The summed E-state index contributed by atoms with van der Waals surface area (Å²) in [7, 11) is 1.38. The number of pyridine rings is 2. The van der Waals surface area contributed by atoms with E-state index in [-0.39, 0.29) is 29.7 Å². The van der Waals surface area contributed by atoms with E-state index in [1.54, 1.807) is 19.2 Å². The summed E-state index contributed by atoms with van der Waals surface area (Å²) in [5.41, 5.74) is 5.14. The number of carbonyl (C=O) groups excluding carboxylic acids is 1. The minimum Gasteiger partial charge on any atom is -0.388 e. The van der Waals surface area contributed by atoms with Crippen molar-refractivity contribution in [1.82, 2.24) is 9.97 Å². The number of anilines is 1. The van der Waals surface area contributed by atoms with Crippen LogP contribution >= 0.6 is 0 Å². The van der Waals surface area contributed by atoms with E-state index in [1.165, 1.54) is 13.3 Å². The van der Waals surface area contributed by atoms with E-state index in [0.717, 1.165) is 29.8 Å². The molecule has 2 heterocycles. The SMILES string of the molecule is COCc1cc(F)c(-c2nc(C(=O)Nc3cnccc3[C@H]3C[C@@H](N)[C@](C)(O)[C@@H](C)C3)ccc2F)c(F)c1. The number of benzene rings is 1. The van der Waals surface area contributed by atoms with Crippen LogP contribution in [0.4, 0.5) is 18.9 Å². The zero-order chi connectivity index (χ0) is 26.9. The third kappa shape index (κ3) is 5.36. The van der Waals surface area contributed by atoms with Gasteiger partial charge in [-0.1, -0.05) is 6.92 Å². The van der Waals surface area contributed by atoms with E-state index in [9.17, 15) is 23.1 Å². The summed E-state index contributed by atoms with van der Waals surface area (Å²) in [5.74, 6) is -3.86. The number of hydrogen-bond donors (Lipinski definition) is 3. The van der Waals surface area contributed by atoms with Gasteiger partial charge in [0.25, 0.3) is 5.91 Å². The fourth-order valence-electron chi connectivity index (χ4n) is 4.82. The molecule has 0 aliphatic heterocycles. The van der Waals surface area contributed by atoms with Crippen LogP contribution in [0.15, 0.2) is 42.7 Å². The first-order valence-electron chi connectivity index (χ1n) is 11.9. The van der Waals surface area contributed by atoms with Crippen molar-refractivity contribution >= 4 is 11.6 Å². The molecule has 1 fully saturated rings. The van der Waals surface area contributed by atoms with Crippen LogP contribution in [0.2, 0.25) is 0 Å². The topological polar surface area (TPSA) is 110 Å². The first-order valence-corrected chi connectivity index (χ1v) is 11.9. The van der Waals surface area contributed by atoms with Crippen LogP contribution in [0.5, 0.6) is 0 Å². The molecule has 0 radical (unpaired) electrons. The molecule has 1 aliphatic carbocycles. The highest BCUT2D eigenvalue weighted by atomic mass is 19.1. The number of aliphatic hydroxyl groups is 1. The average Bonchev–Trinajstić information content (AvgIpc) is 2.84. The minimum absolute atomic E-state index is 0.0257. The molecule has 1 amide bonds. The van der Waals surface area contributed by atoms with Gasteiger partial charge < -0.3 is 20.9 Å². The molecular formula is C27H29F3N4O3. The van der Waals surface area contributed by atoms with Crippen LogP contribution in [0.25, 0.3) is 11.3 Å². The van der Waals surface area contributed by atoms with Gasteiger partial charge in [0.1, 0.15) is 28.8 Å². The lowest BCUT2D eigenvalue weighted by molar-refractivity contribution is -0.0463. The summed E-state index contributed by atoms with van der Waals surface area (Å²) >= 11 is 0. The largest absolute Gasteiger partial charge is 0.388 e. The summed E-state index contributed by atoms with van der Waals surface area (Å²) in [5, 5.41) is 13.4. The Bertz CT molecular complexity index is 1280. The second-order valence-corrected chi connectivity index (χ2v) is 9.71. The number of hydrogen-bond acceptors (Lipinski definition) is 6. The number of amides is 1. The highest BCUT2D eigenvalue weighted by Crippen LogP contribution is 2.42. The van der Waals surface area contributed by atoms with Crippen molar-refractivity contribution in [2.45, 2.75) is 50.9 Å². The van der Waals surface area contributed by atoms with Crippen molar-refractivity contribution in [3.05, 3.63) is 77.0 Å². The Morgan fingerprint density at radius 1 is 1.19 bits per heavy atom. The van der Waals surface area contributed by atoms with Crippen molar-refractivity contribution in [2.75, 3.05) is 12.4 Å². The number of nitrogens with one attached hydrogen (secondary N) is 1. The normalized spacial score (nSPS) is 23.6. The maximum absolute atomic E-state index is 14.7. The van der Waals surface area contributed by atoms with Crippen LogP contribution < -0.4 is 11.1 Å². The molecule has 37 heavy (non-hydrogen) atoms. The smallest absolute Gasteiger partial charge is 0.274 e. The van der Waals surface area contributed by atoms with Gasteiger partial charge in [0.05, 0.1) is 29.7 Å². The maximum atomic E-state index is 14.7. The van der Waals surface area contributed by atoms with E-state index >= 15 is 0 Å². The lowest BCUT2D eigenvalue weighted by Gasteiger charge is -2.44. The van der Waals surface area contributed by atoms with E-state index in [0.29, 0.717) is 18.5 Å². The van der Waals surface area contributed by atoms with Crippen molar-refractivity contribution in [3.63, 3.8) is 0 Å². The average molecular weight is 515 g/mol. The van der Waals surface area contributed by atoms with Gasteiger partial charge in [-0.05, 0) is 73.1 Å². The van der Waals surface area contributed by atoms with E-state index < -0.39 is 46.3 Å². The molecule has 1 aromatic carbocycles. The third-order valence-corrected chi connectivity index (χ3v) is 7.20. The second-order valence-electron chi connectivity index (χ2n) is 9.71. The van der Waals surface area contributed by atoms with Crippen LogP contribution in [0.1, 0.15) is 54.2 Å². The molecular weight excluding hydrogens is 485 g/mol. The van der Waals surface area contributed by atoms with Crippen molar-refractivity contribution in [2.24, 2.45) is 11.7 Å². The molecule has 10 heteroatoms. The highest BCUT2D eigenvalue weighted by molar-refractivity contribution is 6.03. The van der Waals surface area contributed by atoms with Gasteiger partial charge >= 0.3 is 0 Å². The molecule has 4 atom stereocenters. The Hall–Kier alpha value is -3.34. The Morgan fingerprint density at radius 3 is 2.54 bits per heavy atom. The molecule has 7 nitrogen and oxygen atoms in total. The third-order valence-electron chi connectivity index (χ3n) is 7.20. The number of halogens is 3. The molecule has 4 rings (SSSR count). The second kappa shape index (κ2) is 10.6. The number of aromatic nitrogens is 2. The van der Waals surface area contributed by atoms with Gasteiger partial charge in [0, 0.05) is 19.3 Å². The number of methoxy groups -OCH3 is 1. The summed E-state index contributed by atoms with van der Waals surface area (Å²) in [4.78, 5) is 21.1. The Kier molecular flexibility index (Phi) is 7.63. The molecule has 1 aliphatic rings. The Balaban J connectivity index is 1.63. The number of ether oxygens (including phenoxy) is 1. The van der Waals surface area contributed by atoms with E-state index in [2.05, 4.69) is 15.3 Å². The number of carbonyl (C=O) groups is 1. The lowest BCUT2D eigenvalue weighted by atomic mass is 9.68. The lowest BCUT2D eigenvalue weighted by Crippen LogP contribution is -2.54. The number of rotatable bonds is 6. The van der Waals surface area contributed by atoms with Gasteiger partial charge in [-0.25, -0.2) is 18.2 Å². The summed E-state index contributed by atoms with van der Waals surface area (Å²) in [6.07, 6.45) is 4.22. The van der Waals surface area contributed by atoms with Crippen molar-refractivity contribution in [3.8, 4) is 11.3 Å². The van der Waals surface area contributed by atoms with E-state index in [1.807, 2.05) is 6.92 Å². The first-order chi connectivity index (χ1) is 17.5. The zero-order valence-electron chi connectivity index (χ0n) is 20.8. The minimum atomic E-state index is -1.02. The molecule has 196 valence electrons. The molecule has 3 aromatic rings. The zero-order valence-corrected chi connectivity index (χ0v) is 20.8. The van der Waals surface area contributed by atoms with Gasteiger partial charge in [-0.3, -0.25) is 9.78 Å². The van der Waals surface area contributed by atoms with Gasteiger partial charge in [-0.2, -0.15) is 0 Å². The van der Waals surface area contributed by atoms with Crippen LogP contribution in [-0.2, 0) is 11.3 Å². The maximum Gasteiger partial charge on any atom is 0.274 e. The predicted molar refractivity (Wildman–Crippen MR) is 132 cm³/mol. The standard InChI is InChI=1S/C27H29F3N4O3/c1-14-8-16(11-23(31)27(14,2)36)17-6-7-32-12-22(17)34-26(35)21-5-4-18(28)25(33-21)24-19(29)9-15(13-37-3)10-20(24)30/h4-7,9-10,12,14,16,23,36H,8,11,13,31H2,1-3H3,(H,34,35)/t14-,16+,23+,27+/m0/s1. The van der Waals surface area contributed by atoms with Crippen LogP contribution in [0.3, 0.4) is 0 Å². The number of nitrogens with two attached hydrogens (primary N) is 1.